The zero-order valence-electron chi connectivity index (χ0n) is 9.20. The normalized spacial score (nSPS) is 11.3. The van der Waals surface area contributed by atoms with Crippen molar-refractivity contribution < 1.29 is 9.47 Å². The van der Waals surface area contributed by atoms with Gasteiger partial charge in [0.25, 0.3) is 0 Å². The van der Waals surface area contributed by atoms with Crippen molar-refractivity contribution >= 4 is 5.69 Å². The van der Waals surface area contributed by atoms with Crippen LogP contribution in [-0.2, 0) is 0 Å². The lowest BCUT2D eigenvalue weighted by Gasteiger charge is -2.12. The van der Waals surface area contributed by atoms with Crippen LogP contribution in [0.4, 0.5) is 5.69 Å². The lowest BCUT2D eigenvalue weighted by Crippen LogP contribution is -2.11. The fourth-order valence-electron chi connectivity index (χ4n) is 1.22. The van der Waals surface area contributed by atoms with E-state index in [1.54, 1.807) is 14.2 Å². The van der Waals surface area contributed by atoms with Crippen molar-refractivity contribution in [2.45, 2.75) is 13.0 Å². The highest BCUT2D eigenvalue weighted by Crippen LogP contribution is 2.29. The van der Waals surface area contributed by atoms with E-state index in [0.29, 0.717) is 11.5 Å². The highest BCUT2D eigenvalue weighted by molar-refractivity contribution is 5.55. The molecule has 0 fully saturated rings. The molecular formula is C12H15NO2. The predicted molar refractivity (Wildman–Crippen MR) is 61.5 cm³/mol. The maximum atomic E-state index is 5.28. The van der Waals surface area contributed by atoms with E-state index in [1.807, 2.05) is 25.1 Å². The van der Waals surface area contributed by atoms with Gasteiger partial charge in [0.15, 0.2) is 11.5 Å². The third-order valence-electron chi connectivity index (χ3n) is 2.02. The standard InChI is InChI=1S/C12H15NO2/c1-5-9(2)13-10-6-7-11(14-3)12(8-10)15-4/h1,6-9,13H,2-4H3. The number of terminal acetylenes is 1. The van der Waals surface area contributed by atoms with Crippen LogP contribution >= 0.6 is 0 Å². The summed E-state index contributed by atoms with van der Waals surface area (Å²) in [6, 6.07) is 5.58. The maximum Gasteiger partial charge on any atom is 0.162 e. The molecule has 1 rings (SSSR count). The van der Waals surface area contributed by atoms with Gasteiger partial charge in [-0.1, -0.05) is 5.92 Å². The van der Waals surface area contributed by atoms with Crippen molar-refractivity contribution in [2.75, 3.05) is 19.5 Å². The molecule has 15 heavy (non-hydrogen) atoms. The largest absolute Gasteiger partial charge is 0.493 e. The zero-order chi connectivity index (χ0) is 11.3. The first-order valence-electron chi connectivity index (χ1n) is 4.66. The summed E-state index contributed by atoms with van der Waals surface area (Å²) in [6.07, 6.45) is 5.28. The van der Waals surface area contributed by atoms with Gasteiger partial charge in [0.1, 0.15) is 0 Å². The Morgan fingerprint density at radius 2 is 1.93 bits per heavy atom. The molecular weight excluding hydrogens is 190 g/mol. The summed E-state index contributed by atoms with van der Waals surface area (Å²) >= 11 is 0. The number of nitrogens with one attached hydrogen (secondary N) is 1. The Hall–Kier alpha value is -1.82. The van der Waals surface area contributed by atoms with Crippen LogP contribution in [0.5, 0.6) is 11.5 Å². The van der Waals surface area contributed by atoms with Crippen LogP contribution in [0.2, 0.25) is 0 Å². The number of anilines is 1. The third kappa shape index (κ3) is 2.81. The minimum Gasteiger partial charge on any atom is -0.493 e. The molecule has 1 aromatic rings. The molecule has 0 aliphatic carbocycles. The topological polar surface area (TPSA) is 30.5 Å². The van der Waals surface area contributed by atoms with Crippen molar-refractivity contribution in [1.29, 1.82) is 0 Å². The SMILES string of the molecule is C#CC(C)Nc1ccc(OC)c(OC)c1. The second kappa shape index (κ2) is 5.16. The number of hydrogen-bond donors (Lipinski definition) is 1. The molecule has 0 heterocycles. The minimum atomic E-state index is -0.0110. The predicted octanol–water partition coefficient (Wildman–Crippen LogP) is 2.14. The lowest BCUT2D eigenvalue weighted by molar-refractivity contribution is 0.355. The smallest absolute Gasteiger partial charge is 0.162 e. The molecule has 80 valence electrons. The molecule has 0 aromatic heterocycles. The van der Waals surface area contributed by atoms with Crippen LogP contribution in [0.15, 0.2) is 18.2 Å². The third-order valence-corrected chi connectivity index (χ3v) is 2.02. The first kappa shape index (κ1) is 11.3. The van der Waals surface area contributed by atoms with Crippen LogP contribution in [-0.4, -0.2) is 20.3 Å². The van der Waals surface area contributed by atoms with E-state index < -0.39 is 0 Å². The molecule has 0 saturated carbocycles. The van der Waals surface area contributed by atoms with E-state index >= 15 is 0 Å². The number of hydrogen-bond acceptors (Lipinski definition) is 3. The Morgan fingerprint density at radius 3 is 2.47 bits per heavy atom. The quantitative estimate of drug-likeness (QED) is 0.764. The maximum absolute atomic E-state index is 5.28. The molecule has 0 bridgehead atoms. The van der Waals surface area contributed by atoms with Crippen molar-refractivity contribution in [3.63, 3.8) is 0 Å². The Kier molecular flexibility index (Phi) is 3.87. The molecule has 1 aromatic carbocycles. The molecule has 0 aliphatic rings. The van der Waals surface area contributed by atoms with Gasteiger partial charge in [0.05, 0.1) is 20.3 Å². The molecule has 1 unspecified atom stereocenters. The Morgan fingerprint density at radius 1 is 1.27 bits per heavy atom. The Balaban J connectivity index is 2.89. The van der Waals surface area contributed by atoms with Gasteiger partial charge in [-0.3, -0.25) is 0 Å². The molecule has 0 radical (unpaired) electrons. The van der Waals surface area contributed by atoms with Gasteiger partial charge in [-0.25, -0.2) is 0 Å². The second-order valence-electron chi connectivity index (χ2n) is 3.10. The zero-order valence-corrected chi connectivity index (χ0v) is 9.20. The minimum absolute atomic E-state index is 0.0110. The fourth-order valence-corrected chi connectivity index (χ4v) is 1.22. The van der Waals surface area contributed by atoms with E-state index in [2.05, 4.69) is 11.2 Å². The van der Waals surface area contributed by atoms with Crippen LogP contribution in [0, 0.1) is 12.3 Å². The number of methoxy groups -OCH3 is 2. The van der Waals surface area contributed by atoms with Gasteiger partial charge in [-0.15, -0.1) is 6.42 Å². The van der Waals surface area contributed by atoms with E-state index in [4.69, 9.17) is 15.9 Å². The summed E-state index contributed by atoms with van der Waals surface area (Å²) in [4.78, 5) is 0. The van der Waals surface area contributed by atoms with Crippen LogP contribution < -0.4 is 14.8 Å². The molecule has 1 N–H and O–H groups in total. The number of benzene rings is 1. The highest BCUT2D eigenvalue weighted by atomic mass is 16.5. The average Bonchev–Trinajstić information content (AvgIpc) is 2.28. The summed E-state index contributed by atoms with van der Waals surface area (Å²) in [6.45, 7) is 1.91. The lowest BCUT2D eigenvalue weighted by atomic mass is 10.2. The van der Waals surface area contributed by atoms with Crippen LogP contribution in [0.25, 0.3) is 0 Å². The summed E-state index contributed by atoms with van der Waals surface area (Å²) in [5.74, 6) is 3.99. The Labute approximate surface area is 90.4 Å². The molecule has 0 amide bonds. The van der Waals surface area contributed by atoms with Crippen LogP contribution in [0.1, 0.15) is 6.92 Å². The monoisotopic (exact) mass is 205 g/mol. The molecule has 0 spiro atoms. The molecule has 0 saturated heterocycles. The molecule has 3 nitrogen and oxygen atoms in total. The van der Waals surface area contributed by atoms with Gasteiger partial charge in [-0.2, -0.15) is 0 Å². The molecule has 3 heteroatoms. The molecule has 0 aliphatic heterocycles. The van der Waals surface area contributed by atoms with Crippen LogP contribution in [0.3, 0.4) is 0 Å². The van der Waals surface area contributed by atoms with Crippen molar-refractivity contribution in [1.82, 2.24) is 0 Å². The highest BCUT2D eigenvalue weighted by Gasteiger charge is 2.05. The van der Waals surface area contributed by atoms with E-state index in [1.165, 1.54) is 0 Å². The van der Waals surface area contributed by atoms with E-state index in [0.717, 1.165) is 5.69 Å². The van der Waals surface area contributed by atoms with Gasteiger partial charge >= 0.3 is 0 Å². The number of rotatable bonds is 4. The van der Waals surface area contributed by atoms with Gasteiger partial charge < -0.3 is 14.8 Å². The van der Waals surface area contributed by atoms with E-state index in [-0.39, 0.29) is 6.04 Å². The van der Waals surface area contributed by atoms with Gasteiger partial charge in [-0.05, 0) is 19.1 Å². The summed E-state index contributed by atoms with van der Waals surface area (Å²) in [5.41, 5.74) is 0.915. The average molecular weight is 205 g/mol. The first-order valence-corrected chi connectivity index (χ1v) is 4.66. The number of ether oxygens (including phenoxy) is 2. The summed E-state index contributed by atoms with van der Waals surface area (Å²) in [5, 5.41) is 3.15. The summed E-state index contributed by atoms with van der Waals surface area (Å²) in [7, 11) is 3.21. The Bertz CT molecular complexity index is 368. The molecule has 1 atom stereocenters. The first-order chi connectivity index (χ1) is 7.21. The van der Waals surface area contributed by atoms with Crippen molar-refractivity contribution in [2.24, 2.45) is 0 Å². The van der Waals surface area contributed by atoms with Gasteiger partial charge in [0.2, 0.25) is 0 Å². The van der Waals surface area contributed by atoms with Crippen molar-refractivity contribution in [3.8, 4) is 23.8 Å². The summed E-state index contributed by atoms with van der Waals surface area (Å²) < 4.78 is 10.3. The fraction of sp³-hybridized carbons (Fsp3) is 0.333. The van der Waals surface area contributed by atoms with Crippen molar-refractivity contribution in [3.05, 3.63) is 18.2 Å². The van der Waals surface area contributed by atoms with E-state index in [9.17, 15) is 0 Å². The second-order valence-corrected chi connectivity index (χ2v) is 3.10. The van der Waals surface area contributed by atoms with Gasteiger partial charge in [0, 0.05) is 11.8 Å².